The third-order valence-electron chi connectivity index (χ3n) is 3.01. The van der Waals surface area contributed by atoms with E-state index in [0.29, 0.717) is 12.0 Å². The van der Waals surface area contributed by atoms with Crippen molar-refractivity contribution >= 4 is 11.8 Å². The molecule has 0 spiro atoms. The van der Waals surface area contributed by atoms with Gasteiger partial charge in [0.05, 0.1) is 5.69 Å². The molecule has 1 heterocycles. The molecule has 0 amide bonds. The van der Waals surface area contributed by atoms with Crippen LogP contribution in [0.3, 0.4) is 0 Å². The van der Waals surface area contributed by atoms with Gasteiger partial charge in [0.1, 0.15) is 0 Å². The van der Waals surface area contributed by atoms with Crippen molar-refractivity contribution in [1.82, 2.24) is 25.5 Å². The minimum absolute atomic E-state index is 0.450. The van der Waals surface area contributed by atoms with Crippen LogP contribution in [0.25, 0.3) is 5.69 Å². The molecule has 0 saturated heterocycles. The molecule has 0 saturated carbocycles. The molecule has 0 fully saturated rings. The number of tetrazole rings is 1. The van der Waals surface area contributed by atoms with E-state index < -0.39 is 0 Å². The summed E-state index contributed by atoms with van der Waals surface area (Å²) in [4.78, 5) is 0. The zero-order valence-electron chi connectivity index (χ0n) is 11.4. The van der Waals surface area contributed by atoms with E-state index in [1.165, 1.54) is 0 Å². The monoisotopic (exact) mass is 277 g/mol. The molecule has 1 unspecified atom stereocenters. The molecule has 0 bridgehead atoms. The summed E-state index contributed by atoms with van der Waals surface area (Å²) in [5, 5.41) is 16.1. The highest BCUT2D eigenvalue weighted by molar-refractivity contribution is 7.99. The van der Waals surface area contributed by atoms with Gasteiger partial charge in [0.15, 0.2) is 0 Å². The normalized spacial score (nSPS) is 12.8. The van der Waals surface area contributed by atoms with E-state index in [-0.39, 0.29) is 0 Å². The third kappa shape index (κ3) is 3.54. The number of thioether (sulfide) groups is 1. The highest BCUT2D eigenvalue weighted by atomic mass is 32.2. The molecular formula is C13H19N5S. The van der Waals surface area contributed by atoms with Crippen LogP contribution in [0.1, 0.15) is 13.8 Å². The molecule has 1 atom stereocenters. The summed E-state index contributed by atoms with van der Waals surface area (Å²) in [6.45, 7) is 4.42. The maximum absolute atomic E-state index is 4.10. The first-order valence-corrected chi connectivity index (χ1v) is 7.34. The first kappa shape index (κ1) is 14.0. The molecule has 5 nitrogen and oxygen atoms in total. The Kier molecular flexibility index (Phi) is 4.93. The fraction of sp³-hybridized carbons (Fsp3) is 0.462. The maximum Gasteiger partial charge on any atom is 0.214 e. The molecule has 2 aromatic rings. The summed E-state index contributed by atoms with van der Waals surface area (Å²) in [7, 11) is 1.99. The number of hydrogen-bond donors (Lipinski definition) is 1. The van der Waals surface area contributed by atoms with Gasteiger partial charge in [0, 0.05) is 11.8 Å². The average Bonchev–Trinajstić information content (AvgIpc) is 2.88. The summed E-state index contributed by atoms with van der Waals surface area (Å²) < 4.78 is 1.78. The smallest absolute Gasteiger partial charge is 0.214 e. The van der Waals surface area contributed by atoms with Crippen molar-refractivity contribution in [2.24, 2.45) is 5.92 Å². The van der Waals surface area contributed by atoms with Crippen LogP contribution in [0, 0.1) is 5.92 Å². The van der Waals surface area contributed by atoms with Gasteiger partial charge < -0.3 is 5.32 Å². The minimum Gasteiger partial charge on any atom is -0.316 e. The first-order valence-electron chi connectivity index (χ1n) is 6.36. The van der Waals surface area contributed by atoms with Gasteiger partial charge in [0.25, 0.3) is 0 Å². The van der Waals surface area contributed by atoms with Crippen molar-refractivity contribution in [2.75, 3.05) is 12.8 Å². The first-order chi connectivity index (χ1) is 9.22. The van der Waals surface area contributed by atoms with Gasteiger partial charge in [-0.25, -0.2) is 0 Å². The summed E-state index contributed by atoms with van der Waals surface area (Å²) in [6, 6.07) is 10.4. The molecule has 0 aliphatic heterocycles. The molecule has 0 radical (unpaired) electrons. The number of para-hydroxylation sites is 1. The Balaban J connectivity index is 2.08. The second-order valence-electron chi connectivity index (χ2n) is 4.66. The lowest BCUT2D eigenvalue weighted by Gasteiger charge is -2.19. The predicted octanol–water partition coefficient (Wildman–Crippen LogP) is 2.00. The Morgan fingerprint density at radius 1 is 1.26 bits per heavy atom. The molecule has 102 valence electrons. The van der Waals surface area contributed by atoms with Gasteiger partial charge in [-0.15, -0.1) is 5.10 Å². The number of hydrogen-bond acceptors (Lipinski definition) is 5. The van der Waals surface area contributed by atoms with Gasteiger partial charge in [-0.1, -0.05) is 43.8 Å². The molecule has 2 rings (SSSR count). The van der Waals surface area contributed by atoms with Crippen molar-refractivity contribution in [1.29, 1.82) is 0 Å². The SMILES string of the molecule is CNC(CSc1nnnn1-c1ccccc1)C(C)C. The predicted molar refractivity (Wildman–Crippen MR) is 77.6 cm³/mol. The standard InChI is InChI=1S/C13H19N5S/c1-10(2)12(14-3)9-19-13-15-16-17-18(13)11-7-5-4-6-8-11/h4-8,10,12,14H,9H2,1-3H3. The summed E-state index contributed by atoms with van der Waals surface area (Å²) in [6.07, 6.45) is 0. The van der Waals surface area contributed by atoms with Gasteiger partial charge >= 0.3 is 0 Å². The van der Waals surface area contributed by atoms with Gasteiger partial charge in [-0.3, -0.25) is 0 Å². The molecule has 0 aliphatic carbocycles. The van der Waals surface area contributed by atoms with Crippen molar-refractivity contribution in [2.45, 2.75) is 25.0 Å². The molecule has 0 aliphatic rings. The van der Waals surface area contributed by atoms with Gasteiger partial charge in [0.2, 0.25) is 5.16 Å². The quantitative estimate of drug-likeness (QED) is 0.818. The number of nitrogens with one attached hydrogen (secondary N) is 1. The molecule has 1 aromatic carbocycles. The molecule has 6 heteroatoms. The largest absolute Gasteiger partial charge is 0.316 e. The Morgan fingerprint density at radius 3 is 2.63 bits per heavy atom. The highest BCUT2D eigenvalue weighted by Crippen LogP contribution is 2.20. The van der Waals surface area contributed by atoms with Gasteiger partial charge in [-0.2, -0.15) is 4.68 Å². The Labute approximate surface area is 117 Å². The molecule has 1 N–H and O–H groups in total. The zero-order valence-corrected chi connectivity index (χ0v) is 12.3. The lowest BCUT2D eigenvalue weighted by atomic mass is 10.1. The highest BCUT2D eigenvalue weighted by Gasteiger charge is 2.14. The molecule has 19 heavy (non-hydrogen) atoms. The van der Waals surface area contributed by atoms with Crippen molar-refractivity contribution < 1.29 is 0 Å². The van der Waals surface area contributed by atoms with Crippen LogP contribution in [-0.4, -0.2) is 39.0 Å². The van der Waals surface area contributed by atoms with Crippen LogP contribution >= 0.6 is 11.8 Å². The van der Waals surface area contributed by atoms with E-state index in [1.54, 1.807) is 16.4 Å². The Morgan fingerprint density at radius 2 is 2.00 bits per heavy atom. The summed E-state index contributed by atoms with van der Waals surface area (Å²) >= 11 is 1.67. The van der Waals surface area contributed by atoms with Crippen molar-refractivity contribution in [3.63, 3.8) is 0 Å². The zero-order chi connectivity index (χ0) is 13.7. The number of benzene rings is 1. The third-order valence-corrected chi connectivity index (χ3v) is 4.05. The van der Waals surface area contributed by atoms with Crippen LogP contribution in [0.4, 0.5) is 0 Å². The van der Waals surface area contributed by atoms with Gasteiger partial charge in [-0.05, 0) is 35.5 Å². The van der Waals surface area contributed by atoms with E-state index in [4.69, 9.17) is 0 Å². The summed E-state index contributed by atoms with van der Waals surface area (Å²) in [5.74, 6) is 1.53. The topological polar surface area (TPSA) is 55.6 Å². The fourth-order valence-corrected chi connectivity index (χ4v) is 3.01. The van der Waals surface area contributed by atoms with E-state index in [9.17, 15) is 0 Å². The second kappa shape index (κ2) is 6.68. The molecular weight excluding hydrogens is 258 g/mol. The van der Waals surface area contributed by atoms with Crippen LogP contribution in [0.15, 0.2) is 35.5 Å². The van der Waals surface area contributed by atoms with Crippen molar-refractivity contribution in [3.8, 4) is 5.69 Å². The second-order valence-corrected chi connectivity index (χ2v) is 5.65. The van der Waals surface area contributed by atoms with Crippen molar-refractivity contribution in [3.05, 3.63) is 30.3 Å². The van der Waals surface area contributed by atoms with Crippen LogP contribution in [0.2, 0.25) is 0 Å². The van der Waals surface area contributed by atoms with E-state index in [0.717, 1.165) is 16.6 Å². The fourth-order valence-electron chi connectivity index (χ4n) is 1.77. The van der Waals surface area contributed by atoms with E-state index in [2.05, 4.69) is 34.7 Å². The lowest BCUT2D eigenvalue weighted by molar-refractivity contribution is 0.465. The number of aromatic nitrogens is 4. The minimum atomic E-state index is 0.450. The van der Waals surface area contributed by atoms with E-state index in [1.807, 2.05) is 37.4 Å². The lowest BCUT2D eigenvalue weighted by Crippen LogP contribution is -2.33. The van der Waals surface area contributed by atoms with Crippen LogP contribution in [-0.2, 0) is 0 Å². The average molecular weight is 277 g/mol. The Bertz CT molecular complexity index is 497. The van der Waals surface area contributed by atoms with Crippen LogP contribution in [0.5, 0.6) is 0 Å². The number of rotatable bonds is 6. The maximum atomic E-state index is 4.10. The Hall–Kier alpha value is -1.40. The number of nitrogens with zero attached hydrogens (tertiary/aromatic N) is 4. The van der Waals surface area contributed by atoms with Crippen LogP contribution < -0.4 is 5.32 Å². The summed E-state index contributed by atoms with van der Waals surface area (Å²) in [5.41, 5.74) is 0.987. The van der Waals surface area contributed by atoms with E-state index >= 15 is 0 Å². The molecule has 1 aromatic heterocycles.